The van der Waals surface area contributed by atoms with Crippen LogP contribution >= 0.6 is 0 Å². The Morgan fingerprint density at radius 1 is 1.17 bits per heavy atom. The highest BCUT2D eigenvalue weighted by molar-refractivity contribution is 5.72. The molecule has 0 N–H and O–H groups in total. The molecule has 0 saturated heterocycles. The van der Waals surface area contributed by atoms with Crippen LogP contribution in [0.3, 0.4) is 0 Å². The van der Waals surface area contributed by atoms with E-state index in [1.165, 1.54) is 29.5 Å². The minimum Gasteiger partial charge on any atom is -0.267 e. The molecule has 2 heterocycles. The average Bonchev–Trinajstić information content (AvgIpc) is 3.34. The lowest BCUT2D eigenvalue weighted by molar-refractivity contribution is -0.141. The van der Waals surface area contributed by atoms with Crippen molar-refractivity contribution < 1.29 is 22.4 Å². The SMILES string of the molecule is Fc1ccc2c(c1)[C@H](C(F)(F)F)c1cccnc1N2OCC1CC1. The predicted octanol–water partition coefficient (Wildman–Crippen LogP) is 4.71. The van der Waals surface area contributed by atoms with E-state index in [9.17, 15) is 17.6 Å². The average molecular weight is 338 g/mol. The van der Waals surface area contributed by atoms with Crippen LogP contribution in [0.1, 0.15) is 29.9 Å². The maximum atomic E-state index is 13.7. The van der Waals surface area contributed by atoms with E-state index in [2.05, 4.69) is 4.98 Å². The molecule has 1 aliphatic heterocycles. The van der Waals surface area contributed by atoms with Gasteiger partial charge in [-0.25, -0.2) is 14.4 Å². The maximum Gasteiger partial charge on any atom is 0.399 e. The quantitative estimate of drug-likeness (QED) is 0.758. The summed E-state index contributed by atoms with van der Waals surface area (Å²) in [5.41, 5.74) is 0.00303. The second kappa shape index (κ2) is 5.44. The van der Waals surface area contributed by atoms with Gasteiger partial charge in [-0.15, -0.1) is 0 Å². The first kappa shape index (κ1) is 15.4. The van der Waals surface area contributed by atoms with Crippen LogP contribution in [0.15, 0.2) is 36.5 Å². The van der Waals surface area contributed by atoms with Gasteiger partial charge in [0.05, 0.1) is 12.3 Å². The highest BCUT2D eigenvalue weighted by atomic mass is 19.4. The molecule has 1 fully saturated rings. The van der Waals surface area contributed by atoms with Gasteiger partial charge in [-0.3, -0.25) is 4.84 Å². The van der Waals surface area contributed by atoms with Crippen LogP contribution in [0.5, 0.6) is 0 Å². The number of hydrogen-bond donors (Lipinski definition) is 0. The second-order valence-electron chi connectivity index (χ2n) is 6.13. The van der Waals surface area contributed by atoms with Gasteiger partial charge < -0.3 is 0 Å². The Balaban J connectivity index is 1.86. The normalized spacial score (nSPS) is 19.8. The third-order valence-electron chi connectivity index (χ3n) is 4.30. The summed E-state index contributed by atoms with van der Waals surface area (Å²) in [5, 5.41) is 1.31. The summed E-state index contributed by atoms with van der Waals surface area (Å²) in [6, 6.07) is 6.18. The molecule has 1 saturated carbocycles. The highest BCUT2D eigenvalue weighted by Gasteiger charge is 2.48. The summed E-state index contributed by atoms with van der Waals surface area (Å²) >= 11 is 0. The lowest BCUT2D eigenvalue weighted by Crippen LogP contribution is -2.33. The molecule has 2 aliphatic rings. The van der Waals surface area contributed by atoms with Crippen molar-refractivity contribution >= 4 is 11.5 Å². The molecule has 0 amide bonds. The van der Waals surface area contributed by atoms with Gasteiger partial charge in [0, 0.05) is 11.8 Å². The molecule has 4 rings (SSSR count). The third-order valence-corrected chi connectivity index (χ3v) is 4.30. The van der Waals surface area contributed by atoms with Crippen molar-refractivity contribution in [3.8, 4) is 0 Å². The molecular weight excluding hydrogens is 324 g/mol. The number of rotatable bonds is 3. The summed E-state index contributed by atoms with van der Waals surface area (Å²) in [7, 11) is 0. The Hall–Kier alpha value is -2.15. The molecule has 2 aromatic rings. The number of fused-ring (bicyclic) bond motifs is 2. The first-order valence-electron chi connectivity index (χ1n) is 7.69. The van der Waals surface area contributed by atoms with E-state index in [0.717, 1.165) is 25.0 Å². The Kier molecular flexibility index (Phi) is 3.49. The summed E-state index contributed by atoms with van der Waals surface area (Å²) in [6.45, 7) is 0.406. The van der Waals surface area contributed by atoms with Crippen LogP contribution in [0.4, 0.5) is 29.1 Å². The molecule has 0 spiro atoms. The first-order chi connectivity index (χ1) is 11.4. The fourth-order valence-electron chi connectivity index (χ4n) is 2.98. The van der Waals surface area contributed by atoms with Crippen molar-refractivity contribution in [3.63, 3.8) is 0 Å². The number of nitrogens with zero attached hydrogens (tertiary/aromatic N) is 2. The monoisotopic (exact) mass is 338 g/mol. The zero-order chi connectivity index (χ0) is 16.9. The summed E-state index contributed by atoms with van der Waals surface area (Å²) in [5.74, 6) is -2.11. The Morgan fingerprint density at radius 3 is 2.67 bits per heavy atom. The van der Waals surface area contributed by atoms with E-state index in [1.54, 1.807) is 0 Å². The fraction of sp³-hybridized carbons (Fsp3) is 0.353. The topological polar surface area (TPSA) is 25.4 Å². The smallest absolute Gasteiger partial charge is 0.267 e. The zero-order valence-electron chi connectivity index (χ0n) is 12.6. The summed E-state index contributed by atoms with van der Waals surface area (Å²) < 4.78 is 54.7. The molecule has 7 heteroatoms. The summed E-state index contributed by atoms with van der Waals surface area (Å²) in [4.78, 5) is 9.83. The van der Waals surface area contributed by atoms with Gasteiger partial charge in [0.25, 0.3) is 0 Å². The van der Waals surface area contributed by atoms with Crippen molar-refractivity contribution in [3.05, 3.63) is 53.5 Å². The largest absolute Gasteiger partial charge is 0.399 e. The van der Waals surface area contributed by atoms with Gasteiger partial charge in [-0.1, -0.05) is 6.07 Å². The lowest BCUT2D eigenvalue weighted by Gasteiger charge is -2.36. The number of halogens is 4. The molecule has 0 radical (unpaired) electrons. The molecule has 24 heavy (non-hydrogen) atoms. The first-order valence-corrected chi connectivity index (χ1v) is 7.69. The molecule has 1 aliphatic carbocycles. The molecule has 3 nitrogen and oxygen atoms in total. The molecule has 0 bridgehead atoms. The van der Waals surface area contributed by atoms with Gasteiger partial charge in [0.2, 0.25) is 0 Å². The number of hydrogen-bond acceptors (Lipinski definition) is 3. The molecule has 1 atom stereocenters. The third kappa shape index (κ3) is 2.62. The lowest BCUT2D eigenvalue weighted by atomic mass is 9.86. The van der Waals surface area contributed by atoms with Crippen molar-refractivity contribution in [2.75, 3.05) is 11.7 Å². The standard InChI is InChI=1S/C17H14F4N2O/c18-11-5-6-14-13(8-11)15(17(19,20)21)12-2-1-7-22-16(12)23(14)24-9-10-3-4-10/h1-2,5-8,10,15H,3-4,9H2/t15-/m1/s1. The molecule has 0 unspecified atom stereocenters. The molecular formula is C17H14F4N2O. The van der Waals surface area contributed by atoms with Crippen molar-refractivity contribution in [2.45, 2.75) is 24.9 Å². The van der Waals surface area contributed by atoms with E-state index >= 15 is 0 Å². The number of pyridine rings is 1. The van der Waals surface area contributed by atoms with Gasteiger partial charge in [-0.2, -0.15) is 13.2 Å². The maximum absolute atomic E-state index is 13.7. The second-order valence-corrected chi connectivity index (χ2v) is 6.13. The number of anilines is 2. The van der Waals surface area contributed by atoms with Gasteiger partial charge >= 0.3 is 6.18 Å². The van der Waals surface area contributed by atoms with Crippen LogP contribution in [-0.4, -0.2) is 17.8 Å². The summed E-state index contributed by atoms with van der Waals surface area (Å²) in [6.07, 6.45) is -1.04. The van der Waals surface area contributed by atoms with Crippen molar-refractivity contribution in [1.82, 2.24) is 4.98 Å². The van der Waals surface area contributed by atoms with Crippen LogP contribution in [0, 0.1) is 11.7 Å². The van der Waals surface area contributed by atoms with Gasteiger partial charge in [0.1, 0.15) is 11.7 Å². The van der Waals surface area contributed by atoms with Crippen molar-refractivity contribution in [1.29, 1.82) is 0 Å². The van der Waals surface area contributed by atoms with E-state index in [1.807, 2.05) is 0 Å². The number of benzene rings is 1. The van der Waals surface area contributed by atoms with Crippen LogP contribution < -0.4 is 5.06 Å². The molecule has 1 aromatic heterocycles. The van der Waals surface area contributed by atoms with Crippen LogP contribution in [0.25, 0.3) is 0 Å². The van der Waals surface area contributed by atoms with Gasteiger partial charge in [0.15, 0.2) is 5.82 Å². The molecule has 126 valence electrons. The minimum atomic E-state index is -4.55. The Morgan fingerprint density at radius 2 is 1.96 bits per heavy atom. The van der Waals surface area contributed by atoms with Crippen LogP contribution in [0.2, 0.25) is 0 Å². The Labute approximate surface area is 135 Å². The minimum absolute atomic E-state index is 0.0288. The zero-order valence-corrected chi connectivity index (χ0v) is 12.6. The fourth-order valence-corrected chi connectivity index (χ4v) is 2.98. The van der Waals surface area contributed by atoms with Gasteiger partial charge in [-0.05, 0) is 48.6 Å². The van der Waals surface area contributed by atoms with E-state index in [-0.39, 0.29) is 22.6 Å². The highest BCUT2D eigenvalue weighted by Crippen LogP contribution is 2.51. The van der Waals surface area contributed by atoms with E-state index < -0.39 is 17.9 Å². The molecule has 1 aromatic carbocycles. The predicted molar refractivity (Wildman–Crippen MR) is 79.4 cm³/mol. The van der Waals surface area contributed by atoms with E-state index in [0.29, 0.717) is 12.5 Å². The van der Waals surface area contributed by atoms with Crippen molar-refractivity contribution in [2.24, 2.45) is 5.92 Å². The Bertz CT molecular complexity index is 773. The number of alkyl halides is 3. The van der Waals surface area contributed by atoms with Crippen LogP contribution in [-0.2, 0) is 4.84 Å². The van der Waals surface area contributed by atoms with E-state index in [4.69, 9.17) is 4.84 Å². The number of aromatic nitrogens is 1.